The number of aromatic nitrogens is 2. The van der Waals surface area contributed by atoms with Crippen molar-refractivity contribution in [1.29, 1.82) is 0 Å². The highest BCUT2D eigenvalue weighted by atomic mass is 16.7. The third-order valence-corrected chi connectivity index (χ3v) is 5.72. The van der Waals surface area contributed by atoms with E-state index in [4.69, 9.17) is 9.47 Å². The van der Waals surface area contributed by atoms with Gasteiger partial charge in [0.2, 0.25) is 0 Å². The maximum Gasteiger partial charge on any atom is 0.190 e. The van der Waals surface area contributed by atoms with Gasteiger partial charge in [-0.1, -0.05) is 37.6 Å². The molecule has 0 atom stereocenters. The molecule has 1 fully saturated rings. The van der Waals surface area contributed by atoms with Crippen LogP contribution in [0.4, 0.5) is 0 Å². The highest BCUT2D eigenvalue weighted by molar-refractivity contribution is 5.31. The van der Waals surface area contributed by atoms with Crippen molar-refractivity contribution in [2.75, 3.05) is 13.2 Å². The molecule has 2 aromatic rings. The maximum atomic E-state index is 6.46. The first-order valence-electron chi connectivity index (χ1n) is 9.30. The Hall–Kier alpha value is -1.65. The Bertz CT molecular complexity index is 680. The van der Waals surface area contributed by atoms with Crippen molar-refractivity contribution in [3.05, 3.63) is 53.6 Å². The van der Waals surface area contributed by atoms with Crippen LogP contribution in [0.2, 0.25) is 0 Å². The van der Waals surface area contributed by atoms with Gasteiger partial charge < -0.3 is 14.0 Å². The van der Waals surface area contributed by atoms with Gasteiger partial charge in [0.25, 0.3) is 0 Å². The average molecular weight is 342 g/mol. The second kappa shape index (κ2) is 7.30. The van der Waals surface area contributed by atoms with Gasteiger partial charge in [-0.15, -0.1) is 0 Å². The van der Waals surface area contributed by atoms with E-state index in [9.17, 15) is 0 Å². The zero-order valence-electron chi connectivity index (χ0n) is 15.9. The Morgan fingerprint density at radius 2 is 1.84 bits per heavy atom. The highest BCUT2D eigenvalue weighted by Gasteiger charge is 2.43. The van der Waals surface area contributed by atoms with E-state index >= 15 is 0 Å². The number of ether oxygens (including phenoxy) is 2. The molecule has 0 aliphatic carbocycles. The standard InChI is InChI=1S/C21H30N2O2/c1-5-20(6-2)14-24-21(25-15-20,13-23-10-9-22-16-23)12-19-8-7-17(3)11-18(19)4/h7-11,16H,5-6,12-15H2,1-4H3. The smallest absolute Gasteiger partial charge is 0.190 e. The van der Waals surface area contributed by atoms with Crippen LogP contribution in [-0.2, 0) is 22.4 Å². The normalized spacial score (nSPS) is 19.0. The van der Waals surface area contributed by atoms with E-state index in [0.29, 0.717) is 6.54 Å². The van der Waals surface area contributed by atoms with E-state index in [-0.39, 0.29) is 5.41 Å². The number of hydrogen-bond donors (Lipinski definition) is 0. The van der Waals surface area contributed by atoms with Crippen molar-refractivity contribution in [2.45, 2.75) is 59.3 Å². The first-order valence-corrected chi connectivity index (χ1v) is 9.30. The second-order valence-corrected chi connectivity index (χ2v) is 7.54. The molecular formula is C21H30N2O2. The van der Waals surface area contributed by atoms with E-state index < -0.39 is 5.79 Å². The zero-order valence-corrected chi connectivity index (χ0v) is 15.9. The molecule has 0 bridgehead atoms. The summed E-state index contributed by atoms with van der Waals surface area (Å²) in [7, 11) is 0. The molecule has 3 rings (SSSR count). The lowest BCUT2D eigenvalue weighted by atomic mass is 9.83. The lowest BCUT2D eigenvalue weighted by molar-refractivity contribution is -0.310. The molecule has 4 heteroatoms. The number of imidazole rings is 1. The fourth-order valence-corrected chi connectivity index (χ4v) is 3.55. The number of aryl methyl sites for hydroxylation is 2. The molecule has 0 saturated carbocycles. The van der Waals surface area contributed by atoms with Crippen molar-refractivity contribution < 1.29 is 9.47 Å². The van der Waals surface area contributed by atoms with Crippen LogP contribution in [0.5, 0.6) is 0 Å². The first kappa shape index (κ1) is 18.2. The number of rotatable bonds is 6. The molecule has 1 aromatic carbocycles. The first-order chi connectivity index (χ1) is 12.0. The summed E-state index contributed by atoms with van der Waals surface area (Å²) in [6.45, 7) is 10.9. The Morgan fingerprint density at radius 3 is 2.40 bits per heavy atom. The average Bonchev–Trinajstić information content (AvgIpc) is 3.11. The van der Waals surface area contributed by atoms with E-state index in [1.54, 1.807) is 6.20 Å². The van der Waals surface area contributed by atoms with Crippen molar-refractivity contribution in [3.63, 3.8) is 0 Å². The molecule has 0 amide bonds. The molecule has 25 heavy (non-hydrogen) atoms. The maximum absolute atomic E-state index is 6.46. The molecule has 0 unspecified atom stereocenters. The quantitative estimate of drug-likeness (QED) is 0.785. The Labute approximate surface area is 151 Å². The Balaban J connectivity index is 1.85. The highest BCUT2D eigenvalue weighted by Crippen LogP contribution is 2.38. The number of nitrogens with zero attached hydrogens (tertiary/aromatic N) is 2. The molecule has 4 nitrogen and oxygen atoms in total. The van der Waals surface area contributed by atoms with E-state index in [1.807, 2.05) is 12.5 Å². The van der Waals surface area contributed by atoms with Crippen molar-refractivity contribution in [3.8, 4) is 0 Å². The number of benzene rings is 1. The van der Waals surface area contributed by atoms with Crippen LogP contribution < -0.4 is 0 Å². The topological polar surface area (TPSA) is 36.3 Å². The van der Waals surface area contributed by atoms with Crippen molar-refractivity contribution in [2.24, 2.45) is 5.41 Å². The summed E-state index contributed by atoms with van der Waals surface area (Å²) in [6.07, 6.45) is 8.51. The van der Waals surface area contributed by atoms with Crippen LogP contribution in [0.3, 0.4) is 0 Å². The third kappa shape index (κ3) is 3.96. The van der Waals surface area contributed by atoms with Crippen molar-refractivity contribution >= 4 is 0 Å². The molecule has 1 aliphatic heterocycles. The molecule has 0 spiro atoms. The molecule has 0 N–H and O–H groups in total. The minimum atomic E-state index is -0.630. The molecule has 0 radical (unpaired) electrons. The van der Waals surface area contributed by atoms with Gasteiger partial charge in [0.05, 0.1) is 26.1 Å². The van der Waals surface area contributed by atoms with E-state index in [2.05, 4.69) is 55.4 Å². The minimum absolute atomic E-state index is 0.140. The summed E-state index contributed by atoms with van der Waals surface area (Å²) in [4.78, 5) is 4.17. The van der Waals surface area contributed by atoms with E-state index in [1.165, 1.54) is 16.7 Å². The summed E-state index contributed by atoms with van der Waals surface area (Å²) in [6, 6.07) is 6.60. The second-order valence-electron chi connectivity index (χ2n) is 7.54. The Kier molecular flexibility index (Phi) is 5.30. The van der Waals surface area contributed by atoms with Gasteiger partial charge in [0.15, 0.2) is 5.79 Å². The van der Waals surface area contributed by atoms with Gasteiger partial charge in [-0.3, -0.25) is 0 Å². The van der Waals surface area contributed by atoms with Crippen LogP contribution >= 0.6 is 0 Å². The fourth-order valence-electron chi connectivity index (χ4n) is 3.55. The van der Waals surface area contributed by atoms with Crippen LogP contribution in [0.15, 0.2) is 36.9 Å². The van der Waals surface area contributed by atoms with Crippen LogP contribution in [0.1, 0.15) is 43.4 Å². The van der Waals surface area contributed by atoms with Crippen LogP contribution in [0.25, 0.3) is 0 Å². The number of hydrogen-bond acceptors (Lipinski definition) is 3. The van der Waals surface area contributed by atoms with Crippen LogP contribution in [-0.4, -0.2) is 28.6 Å². The largest absolute Gasteiger partial charge is 0.347 e. The van der Waals surface area contributed by atoms with Gasteiger partial charge in [-0.2, -0.15) is 0 Å². The van der Waals surface area contributed by atoms with Gasteiger partial charge in [-0.05, 0) is 37.8 Å². The van der Waals surface area contributed by atoms with Gasteiger partial charge >= 0.3 is 0 Å². The summed E-state index contributed by atoms with van der Waals surface area (Å²) in [5, 5.41) is 0. The van der Waals surface area contributed by atoms with Gasteiger partial charge in [-0.25, -0.2) is 4.98 Å². The lowest BCUT2D eigenvalue weighted by Gasteiger charge is -2.46. The predicted molar refractivity (Wildman–Crippen MR) is 99.5 cm³/mol. The van der Waals surface area contributed by atoms with E-state index in [0.717, 1.165) is 32.5 Å². The lowest BCUT2D eigenvalue weighted by Crippen LogP contribution is -2.52. The Morgan fingerprint density at radius 1 is 1.12 bits per heavy atom. The fraction of sp³-hybridized carbons (Fsp3) is 0.571. The predicted octanol–water partition coefficient (Wildman–Crippen LogP) is 4.29. The third-order valence-electron chi connectivity index (χ3n) is 5.72. The molecule has 136 valence electrons. The molecule has 1 aliphatic rings. The van der Waals surface area contributed by atoms with Crippen LogP contribution in [0, 0.1) is 19.3 Å². The molecule has 1 aromatic heterocycles. The van der Waals surface area contributed by atoms with Gasteiger partial charge in [0, 0.05) is 24.2 Å². The molecule has 1 saturated heterocycles. The molecule has 2 heterocycles. The summed E-state index contributed by atoms with van der Waals surface area (Å²) >= 11 is 0. The molecular weight excluding hydrogens is 312 g/mol. The summed E-state index contributed by atoms with van der Waals surface area (Å²) in [5.74, 6) is -0.630. The minimum Gasteiger partial charge on any atom is -0.347 e. The summed E-state index contributed by atoms with van der Waals surface area (Å²) in [5.41, 5.74) is 4.00. The monoisotopic (exact) mass is 342 g/mol. The van der Waals surface area contributed by atoms with Gasteiger partial charge in [0.1, 0.15) is 0 Å². The van der Waals surface area contributed by atoms with Crippen molar-refractivity contribution in [1.82, 2.24) is 9.55 Å². The SMILES string of the molecule is CCC1(CC)COC(Cc2ccc(C)cc2C)(Cn2ccnc2)OC1. The summed E-state index contributed by atoms with van der Waals surface area (Å²) < 4.78 is 15.0. The zero-order chi connectivity index (χ0) is 17.9.